The Labute approximate surface area is 88.8 Å². The first-order valence-electron chi connectivity index (χ1n) is 4.86. The Morgan fingerprint density at radius 2 is 2.36 bits per heavy atom. The molecule has 0 aliphatic heterocycles. The molecule has 0 amide bonds. The van der Waals surface area contributed by atoms with Crippen LogP contribution in [0.15, 0.2) is 6.20 Å². The summed E-state index contributed by atoms with van der Waals surface area (Å²) in [6, 6.07) is 0.431. The zero-order valence-corrected chi connectivity index (χ0v) is 9.67. The second-order valence-corrected chi connectivity index (χ2v) is 4.49. The van der Waals surface area contributed by atoms with Crippen LogP contribution in [0.5, 0.6) is 0 Å². The third-order valence-electron chi connectivity index (χ3n) is 1.96. The number of aromatic nitrogens is 1. The highest BCUT2D eigenvalue weighted by Crippen LogP contribution is 2.23. The fourth-order valence-corrected chi connectivity index (χ4v) is 2.17. The van der Waals surface area contributed by atoms with Gasteiger partial charge in [-0.2, -0.15) is 0 Å². The summed E-state index contributed by atoms with van der Waals surface area (Å²) in [7, 11) is 0. The summed E-state index contributed by atoms with van der Waals surface area (Å²) in [5.74, 6) is 0. The van der Waals surface area contributed by atoms with Crippen LogP contribution in [0.4, 0.5) is 5.13 Å². The first kappa shape index (κ1) is 11.2. The average Bonchev–Trinajstić information content (AvgIpc) is 2.61. The molecule has 0 radical (unpaired) electrons. The van der Waals surface area contributed by atoms with E-state index in [0.717, 1.165) is 24.4 Å². The Morgan fingerprint density at radius 1 is 1.64 bits per heavy atom. The van der Waals surface area contributed by atoms with Crippen LogP contribution in [0.3, 0.4) is 0 Å². The second kappa shape index (κ2) is 5.10. The topological polar surface area (TPSA) is 33.2 Å². The molecular formula is C10H16N2OS. The summed E-state index contributed by atoms with van der Waals surface area (Å²) < 4.78 is 0. The van der Waals surface area contributed by atoms with Crippen LogP contribution in [0.1, 0.15) is 36.9 Å². The molecule has 4 heteroatoms. The first-order valence-corrected chi connectivity index (χ1v) is 5.68. The van der Waals surface area contributed by atoms with Crippen molar-refractivity contribution in [1.82, 2.24) is 4.98 Å². The molecule has 1 aromatic rings. The number of hydrogen-bond acceptors (Lipinski definition) is 4. The number of thiazole rings is 1. The molecule has 0 atom stereocenters. The maximum absolute atomic E-state index is 10.5. The third kappa shape index (κ3) is 2.54. The van der Waals surface area contributed by atoms with Gasteiger partial charge in [-0.05, 0) is 20.3 Å². The van der Waals surface area contributed by atoms with Crippen LogP contribution in [0.2, 0.25) is 0 Å². The van der Waals surface area contributed by atoms with E-state index in [9.17, 15) is 4.79 Å². The van der Waals surface area contributed by atoms with Crippen molar-refractivity contribution in [2.45, 2.75) is 33.2 Å². The van der Waals surface area contributed by atoms with Gasteiger partial charge in [-0.3, -0.25) is 4.79 Å². The lowest BCUT2D eigenvalue weighted by Crippen LogP contribution is -2.31. The molecule has 1 rings (SSSR count). The fourth-order valence-electron chi connectivity index (χ4n) is 1.28. The Kier molecular flexibility index (Phi) is 4.07. The minimum absolute atomic E-state index is 0.431. The van der Waals surface area contributed by atoms with Gasteiger partial charge < -0.3 is 4.90 Å². The van der Waals surface area contributed by atoms with Crippen LogP contribution in [-0.2, 0) is 0 Å². The molecule has 3 nitrogen and oxygen atoms in total. The van der Waals surface area contributed by atoms with Gasteiger partial charge in [0, 0.05) is 12.6 Å². The Morgan fingerprint density at radius 3 is 2.79 bits per heavy atom. The zero-order chi connectivity index (χ0) is 10.6. The highest BCUT2D eigenvalue weighted by Gasteiger charge is 2.12. The summed E-state index contributed by atoms with van der Waals surface area (Å²) in [4.78, 5) is 17.7. The van der Waals surface area contributed by atoms with Gasteiger partial charge in [0.15, 0.2) is 11.4 Å². The van der Waals surface area contributed by atoms with Gasteiger partial charge in [-0.1, -0.05) is 18.3 Å². The number of nitrogens with zero attached hydrogens (tertiary/aromatic N) is 2. The minimum Gasteiger partial charge on any atom is -0.346 e. The molecule has 0 unspecified atom stereocenters. The van der Waals surface area contributed by atoms with E-state index < -0.39 is 0 Å². The van der Waals surface area contributed by atoms with Crippen molar-refractivity contribution < 1.29 is 4.79 Å². The van der Waals surface area contributed by atoms with Crippen LogP contribution >= 0.6 is 11.3 Å². The number of rotatable bonds is 5. The summed E-state index contributed by atoms with van der Waals surface area (Å²) in [6.45, 7) is 7.41. The van der Waals surface area contributed by atoms with E-state index >= 15 is 0 Å². The summed E-state index contributed by atoms with van der Waals surface area (Å²) in [5.41, 5.74) is 0. The van der Waals surface area contributed by atoms with E-state index in [0.29, 0.717) is 10.9 Å². The van der Waals surface area contributed by atoms with Crippen LogP contribution in [0, 0.1) is 0 Å². The van der Waals surface area contributed by atoms with E-state index in [1.807, 2.05) is 0 Å². The number of anilines is 1. The van der Waals surface area contributed by atoms with E-state index in [4.69, 9.17) is 0 Å². The predicted molar refractivity (Wildman–Crippen MR) is 60.3 cm³/mol. The molecule has 1 aromatic heterocycles. The fraction of sp³-hybridized carbons (Fsp3) is 0.600. The third-order valence-corrected chi connectivity index (χ3v) is 2.92. The lowest BCUT2D eigenvalue weighted by atomic mass is 10.3. The molecule has 0 saturated heterocycles. The monoisotopic (exact) mass is 212 g/mol. The van der Waals surface area contributed by atoms with Crippen LogP contribution < -0.4 is 4.90 Å². The molecule has 14 heavy (non-hydrogen) atoms. The van der Waals surface area contributed by atoms with Crippen molar-refractivity contribution in [3.63, 3.8) is 0 Å². The molecule has 0 aliphatic rings. The van der Waals surface area contributed by atoms with Crippen molar-refractivity contribution in [1.29, 1.82) is 0 Å². The predicted octanol–water partition coefficient (Wildman–Crippen LogP) is 2.58. The van der Waals surface area contributed by atoms with Crippen molar-refractivity contribution >= 4 is 22.8 Å². The van der Waals surface area contributed by atoms with Gasteiger partial charge in [0.2, 0.25) is 0 Å². The number of carbonyl (C=O) groups excluding carboxylic acids is 1. The number of carbonyl (C=O) groups is 1. The maximum atomic E-state index is 10.5. The molecule has 0 aromatic carbocycles. The standard InChI is InChI=1S/C10H16N2OS/c1-4-5-12(8(2)3)10-11-6-9(7-13)14-10/h6-8H,4-5H2,1-3H3. The first-order chi connectivity index (χ1) is 6.69. The van der Waals surface area contributed by atoms with Crippen molar-refractivity contribution in [3.8, 4) is 0 Å². The van der Waals surface area contributed by atoms with Crippen molar-refractivity contribution in [3.05, 3.63) is 11.1 Å². The van der Waals surface area contributed by atoms with Gasteiger partial charge in [-0.25, -0.2) is 4.98 Å². The Bertz CT molecular complexity index is 296. The Balaban J connectivity index is 2.81. The normalized spacial score (nSPS) is 10.6. The molecule has 0 bridgehead atoms. The molecule has 0 fully saturated rings. The lowest BCUT2D eigenvalue weighted by Gasteiger charge is -2.25. The average molecular weight is 212 g/mol. The molecule has 78 valence electrons. The van der Waals surface area contributed by atoms with Crippen LogP contribution in [0.25, 0.3) is 0 Å². The quantitative estimate of drug-likeness (QED) is 0.703. The lowest BCUT2D eigenvalue weighted by molar-refractivity contribution is 0.112. The van der Waals surface area contributed by atoms with Crippen molar-refractivity contribution in [2.24, 2.45) is 0 Å². The van der Waals surface area contributed by atoms with Crippen molar-refractivity contribution in [2.75, 3.05) is 11.4 Å². The number of aldehydes is 1. The van der Waals surface area contributed by atoms with E-state index in [2.05, 4.69) is 30.7 Å². The molecular weight excluding hydrogens is 196 g/mol. The zero-order valence-electron chi connectivity index (χ0n) is 8.86. The van der Waals surface area contributed by atoms with E-state index in [1.54, 1.807) is 6.20 Å². The highest BCUT2D eigenvalue weighted by atomic mass is 32.1. The molecule has 0 spiro atoms. The SMILES string of the molecule is CCCN(c1ncc(C=O)s1)C(C)C. The molecule has 0 saturated carbocycles. The molecule has 0 aliphatic carbocycles. The molecule has 0 N–H and O–H groups in total. The van der Waals surface area contributed by atoms with Gasteiger partial charge in [0.05, 0.1) is 11.1 Å². The minimum atomic E-state index is 0.431. The maximum Gasteiger partial charge on any atom is 0.186 e. The Hall–Kier alpha value is -0.900. The van der Waals surface area contributed by atoms with Gasteiger partial charge >= 0.3 is 0 Å². The van der Waals surface area contributed by atoms with Gasteiger partial charge in [-0.15, -0.1) is 0 Å². The smallest absolute Gasteiger partial charge is 0.186 e. The van der Waals surface area contributed by atoms with Crippen LogP contribution in [-0.4, -0.2) is 23.9 Å². The van der Waals surface area contributed by atoms with E-state index in [1.165, 1.54) is 11.3 Å². The highest BCUT2D eigenvalue weighted by molar-refractivity contribution is 7.17. The van der Waals surface area contributed by atoms with E-state index in [-0.39, 0.29) is 0 Å². The van der Waals surface area contributed by atoms with Gasteiger partial charge in [0.1, 0.15) is 0 Å². The number of hydrogen-bond donors (Lipinski definition) is 0. The largest absolute Gasteiger partial charge is 0.346 e. The second-order valence-electron chi connectivity index (χ2n) is 3.45. The summed E-state index contributed by atoms with van der Waals surface area (Å²) >= 11 is 1.46. The summed E-state index contributed by atoms with van der Waals surface area (Å²) in [5, 5.41) is 0.948. The van der Waals surface area contributed by atoms with Gasteiger partial charge in [0.25, 0.3) is 0 Å². The molecule has 1 heterocycles. The summed E-state index contributed by atoms with van der Waals surface area (Å²) in [6.07, 6.45) is 3.58.